The Labute approximate surface area is 179 Å². The number of nitrogens with zero attached hydrogens (tertiary/aromatic N) is 2. The number of carbonyl (C=O) groups is 1. The van der Waals surface area contributed by atoms with E-state index in [4.69, 9.17) is 9.47 Å². The summed E-state index contributed by atoms with van der Waals surface area (Å²) in [6.07, 6.45) is -0.0723. The molecule has 1 aromatic rings. The van der Waals surface area contributed by atoms with E-state index in [-0.39, 0.29) is 48.1 Å². The average Bonchev–Trinajstić information content (AvgIpc) is 2.54. The monoisotopic (exact) mass is 492 g/mol. The number of aliphatic imine (C=N–C) groups is 1. The maximum absolute atomic E-state index is 12.1. The van der Waals surface area contributed by atoms with Crippen LogP contribution in [0.25, 0.3) is 0 Å². The van der Waals surface area contributed by atoms with Gasteiger partial charge in [-0.2, -0.15) is 0 Å². The van der Waals surface area contributed by atoms with Crippen molar-refractivity contribution in [2.45, 2.75) is 39.3 Å². The maximum Gasteiger partial charge on any atom is 0.240 e. The fourth-order valence-corrected chi connectivity index (χ4v) is 2.30. The summed E-state index contributed by atoms with van der Waals surface area (Å²) in [7, 11) is 5.15. The third-order valence-corrected chi connectivity index (χ3v) is 3.41. The van der Waals surface area contributed by atoms with Crippen LogP contribution < -0.4 is 20.1 Å². The van der Waals surface area contributed by atoms with E-state index in [1.165, 1.54) is 0 Å². The first kappa shape index (κ1) is 25.3. The first-order valence-electron chi connectivity index (χ1n) is 8.68. The predicted molar refractivity (Wildman–Crippen MR) is 120 cm³/mol. The highest BCUT2D eigenvalue weighted by molar-refractivity contribution is 14.0. The number of carbonyl (C=O) groups excluding carboxylic acids is 1. The standard InChI is InChI=1S/C19H32N4O3.HI/c1-14(26-16-10-8-15(25-7)9-11-16)12-21-18(20-5)23(6)13-17(24)22-19(2,3)4;/h8-11,14H,12-13H2,1-7H3,(H,20,21)(H,22,24);1H. The lowest BCUT2D eigenvalue weighted by Gasteiger charge is -2.26. The van der Waals surface area contributed by atoms with Gasteiger partial charge in [0.05, 0.1) is 20.2 Å². The summed E-state index contributed by atoms with van der Waals surface area (Å²) in [5.41, 5.74) is -0.254. The van der Waals surface area contributed by atoms with Crippen molar-refractivity contribution < 1.29 is 14.3 Å². The second-order valence-electron chi connectivity index (χ2n) is 7.19. The van der Waals surface area contributed by atoms with Crippen LogP contribution >= 0.6 is 24.0 Å². The van der Waals surface area contributed by atoms with Crippen LogP contribution in [0.4, 0.5) is 0 Å². The Hall–Kier alpha value is -1.71. The van der Waals surface area contributed by atoms with Gasteiger partial charge in [0.2, 0.25) is 5.91 Å². The molecule has 1 rings (SSSR count). The van der Waals surface area contributed by atoms with Crippen molar-refractivity contribution in [3.63, 3.8) is 0 Å². The largest absolute Gasteiger partial charge is 0.497 e. The Balaban J connectivity index is 0.00000676. The molecule has 154 valence electrons. The van der Waals surface area contributed by atoms with E-state index in [0.29, 0.717) is 12.5 Å². The highest BCUT2D eigenvalue weighted by Crippen LogP contribution is 2.17. The molecule has 0 aromatic heterocycles. The van der Waals surface area contributed by atoms with Crippen molar-refractivity contribution in [3.05, 3.63) is 24.3 Å². The summed E-state index contributed by atoms with van der Waals surface area (Å²) < 4.78 is 11.0. The number of nitrogens with one attached hydrogen (secondary N) is 2. The molecule has 27 heavy (non-hydrogen) atoms. The fraction of sp³-hybridized carbons (Fsp3) is 0.579. The highest BCUT2D eigenvalue weighted by Gasteiger charge is 2.17. The number of likely N-dealkylation sites (N-methyl/N-ethyl adjacent to an activating group) is 1. The summed E-state index contributed by atoms with van der Waals surface area (Å²) in [4.78, 5) is 18.0. The van der Waals surface area contributed by atoms with Gasteiger partial charge < -0.3 is 25.0 Å². The van der Waals surface area contributed by atoms with Crippen LogP contribution in [0, 0.1) is 0 Å². The van der Waals surface area contributed by atoms with Gasteiger partial charge in [-0.25, -0.2) is 0 Å². The summed E-state index contributed by atoms with van der Waals surface area (Å²) in [5.74, 6) is 2.15. The quantitative estimate of drug-likeness (QED) is 0.348. The summed E-state index contributed by atoms with van der Waals surface area (Å²) in [5, 5.41) is 6.16. The molecule has 2 N–H and O–H groups in total. The van der Waals surface area contributed by atoms with Crippen LogP contribution in [0.15, 0.2) is 29.3 Å². The fourth-order valence-electron chi connectivity index (χ4n) is 2.30. The third kappa shape index (κ3) is 10.3. The molecule has 0 spiro atoms. The molecule has 8 heteroatoms. The Bertz CT molecular complexity index is 600. The zero-order chi connectivity index (χ0) is 19.7. The average molecular weight is 492 g/mol. The lowest BCUT2D eigenvalue weighted by Crippen LogP contribution is -2.49. The van der Waals surface area contributed by atoms with Gasteiger partial charge in [-0.15, -0.1) is 24.0 Å². The highest BCUT2D eigenvalue weighted by atomic mass is 127. The number of amides is 1. The van der Waals surface area contributed by atoms with Crippen molar-refractivity contribution in [2.24, 2.45) is 4.99 Å². The molecule has 0 saturated carbocycles. The Morgan fingerprint density at radius 2 is 1.78 bits per heavy atom. The van der Waals surface area contributed by atoms with Crippen LogP contribution in [0.2, 0.25) is 0 Å². The van der Waals surface area contributed by atoms with E-state index < -0.39 is 0 Å². The van der Waals surface area contributed by atoms with Gasteiger partial charge in [-0.1, -0.05) is 0 Å². The minimum atomic E-state index is -0.254. The normalized spacial score (nSPS) is 12.5. The molecule has 0 saturated heterocycles. The zero-order valence-corrected chi connectivity index (χ0v) is 19.7. The maximum atomic E-state index is 12.1. The van der Waals surface area contributed by atoms with Gasteiger partial charge in [0.25, 0.3) is 0 Å². The van der Waals surface area contributed by atoms with E-state index in [1.807, 2.05) is 59.0 Å². The Kier molecular flexibility index (Phi) is 11.1. The van der Waals surface area contributed by atoms with Crippen molar-refractivity contribution in [1.29, 1.82) is 0 Å². The van der Waals surface area contributed by atoms with Gasteiger partial charge >= 0.3 is 0 Å². The second kappa shape index (κ2) is 11.9. The van der Waals surface area contributed by atoms with Gasteiger partial charge in [-0.05, 0) is 52.0 Å². The van der Waals surface area contributed by atoms with E-state index in [2.05, 4.69) is 15.6 Å². The first-order valence-corrected chi connectivity index (χ1v) is 8.68. The lowest BCUT2D eigenvalue weighted by atomic mass is 10.1. The van der Waals surface area contributed by atoms with Gasteiger partial charge in [-0.3, -0.25) is 9.79 Å². The SMILES string of the molecule is CN=C(NCC(C)Oc1ccc(OC)cc1)N(C)CC(=O)NC(C)(C)C.I. The van der Waals surface area contributed by atoms with Gasteiger partial charge in [0.15, 0.2) is 5.96 Å². The van der Waals surface area contributed by atoms with E-state index in [1.54, 1.807) is 19.1 Å². The number of hydrogen-bond donors (Lipinski definition) is 2. The molecule has 1 aromatic carbocycles. The smallest absolute Gasteiger partial charge is 0.240 e. The molecular formula is C19H33IN4O3. The number of methoxy groups -OCH3 is 1. The molecule has 0 radical (unpaired) electrons. The molecule has 7 nitrogen and oxygen atoms in total. The molecule has 0 aliphatic rings. The molecule has 0 heterocycles. The lowest BCUT2D eigenvalue weighted by molar-refractivity contribution is -0.122. The second-order valence-corrected chi connectivity index (χ2v) is 7.19. The topological polar surface area (TPSA) is 75.2 Å². The number of ether oxygens (including phenoxy) is 2. The number of rotatable bonds is 7. The molecule has 0 aliphatic heterocycles. The van der Waals surface area contributed by atoms with Crippen LogP contribution in [0.1, 0.15) is 27.7 Å². The molecule has 0 aliphatic carbocycles. The summed E-state index contributed by atoms with van der Waals surface area (Å²) in [6, 6.07) is 7.45. The summed E-state index contributed by atoms with van der Waals surface area (Å²) in [6.45, 7) is 8.62. The molecule has 0 bridgehead atoms. The minimum absolute atomic E-state index is 0. The summed E-state index contributed by atoms with van der Waals surface area (Å²) >= 11 is 0. The molecule has 1 unspecified atom stereocenters. The van der Waals surface area contributed by atoms with Crippen LogP contribution in [-0.4, -0.2) is 62.7 Å². The molecule has 0 fully saturated rings. The molecule has 1 amide bonds. The molecule has 1 atom stereocenters. The van der Waals surface area contributed by atoms with Crippen LogP contribution in [0.5, 0.6) is 11.5 Å². The first-order chi connectivity index (χ1) is 12.1. The van der Waals surface area contributed by atoms with E-state index >= 15 is 0 Å². The van der Waals surface area contributed by atoms with Crippen molar-refractivity contribution >= 4 is 35.8 Å². The zero-order valence-electron chi connectivity index (χ0n) is 17.3. The van der Waals surface area contributed by atoms with E-state index in [9.17, 15) is 4.79 Å². The Morgan fingerprint density at radius 1 is 1.22 bits per heavy atom. The minimum Gasteiger partial charge on any atom is -0.497 e. The van der Waals surface area contributed by atoms with Crippen molar-refractivity contribution in [1.82, 2.24) is 15.5 Å². The molecular weight excluding hydrogens is 459 g/mol. The third-order valence-electron chi connectivity index (χ3n) is 3.41. The van der Waals surface area contributed by atoms with Gasteiger partial charge in [0.1, 0.15) is 17.6 Å². The van der Waals surface area contributed by atoms with Crippen molar-refractivity contribution in [3.8, 4) is 11.5 Å². The number of benzene rings is 1. The number of halogens is 1. The van der Waals surface area contributed by atoms with Crippen LogP contribution in [0.3, 0.4) is 0 Å². The predicted octanol–water partition coefficient (Wildman–Crippen LogP) is 2.50. The number of guanidine groups is 1. The van der Waals surface area contributed by atoms with E-state index in [0.717, 1.165) is 11.5 Å². The Morgan fingerprint density at radius 3 is 2.26 bits per heavy atom. The van der Waals surface area contributed by atoms with Crippen LogP contribution in [-0.2, 0) is 4.79 Å². The van der Waals surface area contributed by atoms with Crippen molar-refractivity contribution in [2.75, 3.05) is 34.3 Å². The number of hydrogen-bond acceptors (Lipinski definition) is 4. The van der Waals surface area contributed by atoms with Gasteiger partial charge in [0, 0.05) is 19.6 Å².